The van der Waals surface area contributed by atoms with Crippen molar-refractivity contribution < 1.29 is 9.13 Å². The van der Waals surface area contributed by atoms with Crippen LogP contribution in [0.2, 0.25) is 0 Å². The second kappa shape index (κ2) is 7.07. The molecule has 0 saturated heterocycles. The van der Waals surface area contributed by atoms with Crippen LogP contribution in [0, 0.1) is 11.7 Å². The minimum absolute atomic E-state index is 0.0388. The zero-order chi connectivity index (χ0) is 14.5. The average Bonchev–Trinajstić information content (AvgIpc) is 2.47. The molecule has 1 aromatic rings. The molecule has 0 heterocycles. The average molecular weight is 279 g/mol. The minimum Gasteiger partial charge on any atom is -0.496 e. The Hall–Kier alpha value is -1.09. The number of halogens is 1. The molecule has 0 bridgehead atoms. The summed E-state index contributed by atoms with van der Waals surface area (Å²) >= 11 is 0. The third-order valence-corrected chi connectivity index (χ3v) is 4.54. The standard InChI is InChI=1S/C17H26FNO/c1-12(14-8-5-4-6-9-14)19-13(2)17-15(18)10-7-11-16(17)20-3/h7,10-14,19H,4-6,8-9H2,1-3H3/t12-,13?/m0/s1. The summed E-state index contributed by atoms with van der Waals surface area (Å²) < 4.78 is 19.4. The fourth-order valence-electron chi connectivity index (χ4n) is 3.36. The number of ether oxygens (including phenoxy) is 1. The van der Waals surface area contributed by atoms with Crippen LogP contribution in [0.1, 0.15) is 57.6 Å². The SMILES string of the molecule is COc1cccc(F)c1C(C)N[C@@H](C)C1CCCCC1. The van der Waals surface area contributed by atoms with Crippen molar-refractivity contribution in [2.75, 3.05) is 7.11 Å². The van der Waals surface area contributed by atoms with Gasteiger partial charge < -0.3 is 10.1 Å². The first kappa shape index (κ1) is 15.3. The van der Waals surface area contributed by atoms with Gasteiger partial charge in [0.2, 0.25) is 0 Å². The fourth-order valence-corrected chi connectivity index (χ4v) is 3.36. The van der Waals surface area contributed by atoms with E-state index in [1.807, 2.05) is 13.0 Å². The molecule has 0 aliphatic heterocycles. The molecule has 0 spiro atoms. The first-order valence-corrected chi connectivity index (χ1v) is 7.72. The van der Waals surface area contributed by atoms with Crippen LogP contribution in [0.25, 0.3) is 0 Å². The molecule has 1 aliphatic rings. The highest BCUT2D eigenvalue weighted by molar-refractivity contribution is 5.36. The smallest absolute Gasteiger partial charge is 0.131 e. The molecule has 112 valence electrons. The van der Waals surface area contributed by atoms with Crippen LogP contribution in [-0.2, 0) is 0 Å². The van der Waals surface area contributed by atoms with E-state index in [0.29, 0.717) is 23.3 Å². The van der Waals surface area contributed by atoms with Crippen LogP contribution < -0.4 is 10.1 Å². The molecular weight excluding hydrogens is 253 g/mol. The van der Waals surface area contributed by atoms with Crippen molar-refractivity contribution in [3.8, 4) is 5.75 Å². The third kappa shape index (κ3) is 3.51. The van der Waals surface area contributed by atoms with Crippen molar-refractivity contribution in [2.45, 2.75) is 58.0 Å². The Kier molecular flexibility index (Phi) is 5.41. The maximum Gasteiger partial charge on any atom is 0.131 e. The van der Waals surface area contributed by atoms with Crippen LogP contribution in [0.5, 0.6) is 5.75 Å². The van der Waals surface area contributed by atoms with Gasteiger partial charge in [0, 0.05) is 17.6 Å². The Morgan fingerprint density at radius 2 is 1.90 bits per heavy atom. The van der Waals surface area contributed by atoms with Crippen molar-refractivity contribution in [1.82, 2.24) is 5.32 Å². The van der Waals surface area contributed by atoms with E-state index < -0.39 is 0 Å². The van der Waals surface area contributed by atoms with Gasteiger partial charge in [-0.3, -0.25) is 0 Å². The van der Waals surface area contributed by atoms with Gasteiger partial charge in [0.05, 0.1) is 7.11 Å². The van der Waals surface area contributed by atoms with E-state index in [1.54, 1.807) is 13.2 Å². The van der Waals surface area contributed by atoms with E-state index >= 15 is 0 Å². The number of hydrogen-bond donors (Lipinski definition) is 1. The van der Waals surface area contributed by atoms with Gasteiger partial charge in [0.1, 0.15) is 11.6 Å². The summed E-state index contributed by atoms with van der Waals surface area (Å²) in [5.41, 5.74) is 0.637. The monoisotopic (exact) mass is 279 g/mol. The first-order chi connectivity index (χ1) is 9.63. The quantitative estimate of drug-likeness (QED) is 0.859. The maximum absolute atomic E-state index is 14.1. The highest BCUT2D eigenvalue weighted by atomic mass is 19.1. The molecule has 2 nitrogen and oxygen atoms in total. The summed E-state index contributed by atoms with van der Waals surface area (Å²) in [5, 5.41) is 3.56. The molecule has 1 unspecified atom stereocenters. The largest absolute Gasteiger partial charge is 0.496 e. The Bertz CT molecular complexity index is 429. The van der Waals surface area contributed by atoms with Crippen molar-refractivity contribution in [3.05, 3.63) is 29.6 Å². The molecule has 1 aliphatic carbocycles. The second-order valence-electron chi connectivity index (χ2n) is 5.93. The van der Waals surface area contributed by atoms with E-state index in [-0.39, 0.29) is 11.9 Å². The van der Waals surface area contributed by atoms with Crippen molar-refractivity contribution in [3.63, 3.8) is 0 Å². The molecule has 1 saturated carbocycles. The summed E-state index contributed by atoms with van der Waals surface area (Å²) in [6.45, 7) is 4.24. The van der Waals surface area contributed by atoms with Crippen LogP contribution in [0.15, 0.2) is 18.2 Å². The van der Waals surface area contributed by atoms with Gasteiger partial charge in [0.25, 0.3) is 0 Å². The molecule has 2 rings (SSSR count). The fraction of sp³-hybridized carbons (Fsp3) is 0.647. The Balaban J connectivity index is 2.05. The molecule has 3 heteroatoms. The number of hydrogen-bond acceptors (Lipinski definition) is 2. The van der Waals surface area contributed by atoms with Crippen molar-refractivity contribution in [2.24, 2.45) is 5.92 Å². The lowest BCUT2D eigenvalue weighted by Gasteiger charge is -2.31. The lowest BCUT2D eigenvalue weighted by molar-refractivity contribution is 0.265. The third-order valence-electron chi connectivity index (χ3n) is 4.54. The summed E-state index contributed by atoms with van der Waals surface area (Å²) in [4.78, 5) is 0. The number of nitrogens with one attached hydrogen (secondary N) is 1. The van der Waals surface area contributed by atoms with Crippen molar-refractivity contribution in [1.29, 1.82) is 0 Å². The molecule has 0 amide bonds. The summed E-state index contributed by atoms with van der Waals surface area (Å²) in [5.74, 6) is 1.14. The van der Waals surface area contributed by atoms with E-state index in [9.17, 15) is 4.39 Å². The van der Waals surface area contributed by atoms with Gasteiger partial charge in [-0.1, -0.05) is 25.3 Å². The van der Waals surface area contributed by atoms with E-state index in [2.05, 4.69) is 12.2 Å². The predicted molar refractivity (Wildman–Crippen MR) is 80.5 cm³/mol. The number of rotatable bonds is 5. The molecule has 1 N–H and O–H groups in total. The highest BCUT2D eigenvalue weighted by Crippen LogP contribution is 2.31. The Morgan fingerprint density at radius 3 is 2.55 bits per heavy atom. The second-order valence-corrected chi connectivity index (χ2v) is 5.93. The lowest BCUT2D eigenvalue weighted by atomic mass is 9.84. The molecule has 2 atom stereocenters. The van der Waals surface area contributed by atoms with E-state index in [4.69, 9.17) is 4.74 Å². The predicted octanol–water partition coefficient (Wildman–Crippen LogP) is 4.45. The number of benzene rings is 1. The maximum atomic E-state index is 14.1. The first-order valence-electron chi connectivity index (χ1n) is 7.72. The zero-order valence-corrected chi connectivity index (χ0v) is 12.8. The van der Waals surface area contributed by atoms with Gasteiger partial charge in [-0.15, -0.1) is 0 Å². The molecule has 1 aromatic carbocycles. The molecule has 20 heavy (non-hydrogen) atoms. The van der Waals surface area contributed by atoms with E-state index in [0.717, 1.165) is 0 Å². The molecule has 0 radical (unpaired) electrons. The van der Waals surface area contributed by atoms with Gasteiger partial charge in [-0.05, 0) is 44.7 Å². The van der Waals surface area contributed by atoms with Gasteiger partial charge >= 0.3 is 0 Å². The van der Waals surface area contributed by atoms with Crippen LogP contribution >= 0.6 is 0 Å². The van der Waals surface area contributed by atoms with Crippen LogP contribution in [-0.4, -0.2) is 13.2 Å². The van der Waals surface area contributed by atoms with Gasteiger partial charge in [-0.2, -0.15) is 0 Å². The molecule has 0 aromatic heterocycles. The Labute approximate surface area is 121 Å². The van der Waals surface area contributed by atoms with Crippen LogP contribution in [0.3, 0.4) is 0 Å². The Morgan fingerprint density at radius 1 is 1.20 bits per heavy atom. The molecule has 1 fully saturated rings. The van der Waals surface area contributed by atoms with Gasteiger partial charge in [0.15, 0.2) is 0 Å². The minimum atomic E-state index is -0.194. The topological polar surface area (TPSA) is 21.3 Å². The summed E-state index contributed by atoms with van der Waals surface area (Å²) in [6.07, 6.45) is 6.59. The highest BCUT2D eigenvalue weighted by Gasteiger charge is 2.23. The normalized spacial score (nSPS) is 19.6. The van der Waals surface area contributed by atoms with Crippen LogP contribution in [0.4, 0.5) is 4.39 Å². The summed E-state index contributed by atoms with van der Waals surface area (Å²) in [6, 6.07) is 5.38. The summed E-state index contributed by atoms with van der Waals surface area (Å²) in [7, 11) is 1.59. The van der Waals surface area contributed by atoms with E-state index in [1.165, 1.54) is 38.2 Å². The zero-order valence-electron chi connectivity index (χ0n) is 12.8. The van der Waals surface area contributed by atoms with Crippen molar-refractivity contribution >= 4 is 0 Å². The lowest BCUT2D eigenvalue weighted by Crippen LogP contribution is -2.36. The molecular formula is C17H26FNO. The van der Waals surface area contributed by atoms with Gasteiger partial charge in [-0.25, -0.2) is 4.39 Å². The number of methoxy groups -OCH3 is 1.